The van der Waals surface area contributed by atoms with Crippen molar-refractivity contribution in [1.29, 1.82) is 0 Å². The second kappa shape index (κ2) is 2.78. The second-order valence-electron chi connectivity index (χ2n) is 3.53. The Bertz CT molecular complexity index is 205. The SMILES string of the molecule is CC(=O)OC1[C@H]2C[C@@H]1[C@H](Cl)[C@H]2Cl. The van der Waals surface area contributed by atoms with E-state index < -0.39 is 0 Å². The molecule has 2 bridgehead atoms. The molecule has 0 amide bonds. The normalized spacial score (nSPS) is 50.1. The lowest BCUT2D eigenvalue weighted by Crippen LogP contribution is -2.39. The van der Waals surface area contributed by atoms with Crippen LogP contribution in [-0.2, 0) is 9.53 Å². The molecule has 0 heterocycles. The van der Waals surface area contributed by atoms with E-state index in [9.17, 15) is 4.79 Å². The lowest BCUT2D eigenvalue weighted by molar-refractivity contribution is -0.156. The average molecular weight is 209 g/mol. The Labute approximate surface area is 81.2 Å². The van der Waals surface area contributed by atoms with Gasteiger partial charge in [0.2, 0.25) is 0 Å². The minimum absolute atomic E-state index is 0.00694. The van der Waals surface area contributed by atoms with Gasteiger partial charge in [0.05, 0.1) is 10.8 Å². The first-order chi connectivity index (χ1) is 5.61. The molecule has 0 saturated heterocycles. The van der Waals surface area contributed by atoms with Crippen LogP contribution in [0.4, 0.5) is 0 Å². The van der Waals surface area contributed by atoms with Crippen LogP contribution in [0.5, 0.6) is 0 Å². The van der Waals surface area contributed by atoms with E-state index in [4.69, 9.17) is 27.9 Å². The van der Waals surface area contributed by atoms with Gasteiger partial charge in [0, 0.05) is 18.8 Å². The summed E-state index contributed by atoms with van der Waals surface area (Å²) < 4.78 is 5.11. The van der Waals surface area contributed by atoms with Gasteiger partial charge < -0.3 is 4.74 Å². The minimum Gasteiger partial charge on any atom is -0.462 e. The van der Waals surface area contributed by atoms with Crippen molar-refractivity contribution in [2.75, 3.05) is 0 Å². The standard InChI is InChI=1S/C8H10Cl2O2/c1-3(11)12-8-4-2-5(8)7(10)6(4)9/h4-8H,2H2,1H3/t4-,5+,6-,7-,8?/m0/s1. The maximum Gasteiger partial charge on any atom is 0.302 e. The number of hydrogen-bond acceptors (Lipinski definition) is 2. The molecule has 2 nitrogen and oxygen atoms in total. The molecule has 0 spiro atoms. The Morgan fingerprint density at radius 2 is 1.83 bits per heavy atom. The number of hydrogen-bond donors (Lipinski definition) is 0. The zero-order chi connectivity index (χ0) is 8.88. The Morgan fingerprint density at radius 1 is 1.33 bits per heavy atom. The molecule has 0 aromatic carbocycles. The molecule has 3 aliphatic carbocycles. The fourth-order valence-corrected chi connectivity index (χ4v) is 3.03. The number of alkyl halides is 2. The second-order valence-corrected chi connectivity index (χ2v) is 4.53. The van der Waals surface area contributed by atoms with Gasteiger partial charge in [-0.3, -0.25) is 4.79 Å². The highest BCUT2D eigenvalue weighted by Gasteiger charge is 2.60. The topological polar surface area (TPSA) is 26.3 Å². The molecule has 5 atom stereocenters. The van der Waals surface area contributed by atoms with E-state index in [1.165, 1.54) is 6.92 Å². The lowest BCUT2D eigenvalue weighted by atomic mass is 9.80. The molecule has 3 aliphatic rings. The number of ether oxygens (including phenoxy) is 1. The molecule has 0 radical (unpaired) electrons. The van der Waals surface area contributed by atoms with E-state index in [0.29, 0.717) is 11.8 Å². The first kappa shape index (κ1) is 8.64. The minimum atomic E-state index is -0.232. The van der Waals surface area contributed by atoms with Crippen molar-refractivity contribution in [3.05, 3.63) is 0 Å². The van der Waals surface area contributed by atoms with Crippen molar-refractivity contribution in [3.63, 3.8) is 0 Å². The number of rotatable bonds is 1. The van der Waals surface area contributed by atoms with Gasteiger partial charge in [-0.2, -0.15) is 0 Å². The third kappa shape index (κ3) is 1.05. The number of carbonyl (C=O) groups is 1. The highest BCUT2D eigenvalue weighted by Crippen LogP contribution is 2.55. The van der Waals surface area contributed by atoms with E-state index >= 15 is 0 Å². The predicted molar refractivity (Wildman–Crippen MR) is 46.4 cm³/mol. The average Bonchev–Trinajstić information content (AvgIpc) is 2.34. The zero-order valence-corrected chi connectivity index (χ0v) is 8.18. The van der Waals surface area contributed by atoms with Crippen molar-refractivity contribution in [2.45, 2.75) is 30.2 Å². The van der Waals surface area contributed by atoms with Gasteiger partial charge in [-0.15, -0.1) is 23.2 Å². The van der Waals surface area contributed by atoms with Crippen molar-refractivity contribution in [3.8, 4) is 0 Å². The third-order valence-corrected chi connectivity index (χ3v) is 4.13. The van der Waals surface area contributed by atoms with Gasteiger partial charge in [0.25, 0.3) is 0 Å². The molecule has 3 saturated carbocycles. The Kier molecular flexibility index (Phi) is 2.00. The van der Waals surface area contributed by atoms with Gasteiger partial charge in [-0.05, 0) is 6.42 Å². The van der Waals surface area contributed by atoms with E-state index in [-0.39, 0.29) is 22.8 Å². The first-order valence-electron chi connectivity index (χ1n) is 4.06. The summed E-state index contributed by atoms with van der Waals surface area (Å²) in [6.07, 6.45) is 1.01. The van der Waals surface area contributed by atoms with E-state index in [1.54, 1.807) is 0 Å². The summed E-state index contributed by atoms with van der Waals surface area (Å²) in [7, 11) is 0. The number of carbonyl (C=O) groups excluding carboxylic acids is 1. The molecular weight excluding hydrogens is 199 g/mol. The largest absolute Gasteiger partial charge is 0.462 e. The summed E-state index contributed by atoms with van der Waals surface area (Å²) in [4.78, 5) is 10.7. The number of esters is 1. The van der Waals surface area contributed by atoms with Crippen LogP contribution in [0.2, 0.25) is 0 Å². The van der Waals surface area contributed by atoms with E-state index in [0.717, 1.165) is 6.42 Å². The fraction of sp³-hybridized carbons (Fsp3) is 0.875. The van der Waals surface area contributed by atoms with Crippen molar-refractivity contribution in [1.82, 2.24) is 0 Å². The summed E-state index contributed by atoms with van der Waals surface area (Å²) in [5, 5.41) is -0.0259. The van der Waals surface area contributed by atoms with Gasteiger partial charge in [-0.1, -0.05) is 0 Å². The maximum absolute atomic E-state index is 10.7. The van der Waals surface area contributed by atoms with Crippen LogP contribution in [0.25, 0.3) is 0 Å². The zero-order valence-electron chi connectivity index (χ0n) is 6.67. The predicted octanol–water partition coefficient (Wildman–Crippen LogP) is 1.78. The highest BCUT2D eigenvalue weighted by molar-refractivity contribution is 6.31. The summed E-state index contributed by atoms with van der Waals surface area (Å²) >= 11 is 12.0. The fourth-order valence-electron chi connectivity index (χ4n) is 2.17. The maximum atomic E-state index is 10.7. The monoisotopic (exact) mass is 208 g/mol. The summed E-state index contributed by atoms with van der Waals surface area (Å²) in [6.45, 7) is 1.42. The molecule has 12 heavy (non-hydrogen) atoms. The van der Waals surface area contributed by atoms with Crippen LogP contribution in [0.3, 0.4) is 0 Å². The number of halogens is 2. The van der Waals surface area contributed by atoms with Gasteiger partial charge >= 0.3 is 5.97 Å². The Morgan fingerprint density at radius 3 is 2.17 bits per heavy atom. The van der Waals surface area contributed by atoms with Gasteiger partial charge in [0.1, 0.15) is 6.10 Å². The molecule has 0 aliphatic heterocycles. The molecule has 68 valence electrons. The van der Waals surface area contributed by atoms with Crippen LogP contribution < -0.4 is 0 Å². The van der Waals surface area contributed by atoms with Crippen molar-refractivity contribution >= 4 is 29.2 Å². The quantitative estimate of drug-likeness (QED) is 0.486. The van der Waals surface area contributed by atoms with Gasteiger partial charge in [0.15, 0.2) is 0 Å². The Balaban J connectivity index is 2.01. The van der Waals surface area contributed by atoms with Crippen LogP contribution in [-0.4, -0.2) is 22.8 Å². The summed E-state index contributed by atoms with van der Waals surface area (Å²) in [5.41, 5.74) is 0. The lowest BCUT2D eigenvalue weighted by Gasteiger charge is -2.34. The number of fused-ring (bicyclic) bond motifs is 1. The Hall–Kier alpha value is 0.0500. The van der Waals surface area contributed by atoms with Crippen molar-refractivity contribution < 1.29 is 9.53 Å². The molecule has 0 aromatic heterocycles. The van der Waals surface area contributed by atoms with Crippen LogP contribution >= 0.6 is 23.2 Å². The van der Waals surface area contributed by atoms with E-state index in [1.807, 2.05) is 0 Å². The molecule has 1 unspecified atom stereocenters. The molecule has 3 rings (SSSR count). The highest BCUT2D eigenvalue weighted by atomic mass is 35.5. The first-order valence-corrected chi connectivity index (χ1v) is 4.94. The van der Waals surface area contributed by atoms with Crippen LogP contribution in [0, 0.1) is 11.8 Å². The smallest absolute Gasteiger partial charge is 0.302 e. The summed E-state index contributed by atoms with van der Waals surface area (Å²) in [6, 6.07) is 0. The molecule has 0 aromatic rings. The van der Waals surface area contributed by atoms with Crippen molar-refractivity contribution in [2.24, 2.45) is 11.8 Å². The summed E-state index contributed by atoms with van der Waals surface area (Å²) in [5.74, 6) is 0.357. The molecule has 4 heteroatoms. The molecule has 0 N–H and O–H groups in total. The van der Waals surface area contributed by atoms with Crippen LogP contribution in [0.15, 0.2) is 0 Å². The van der Waals surface area contributed by atoms with Crippen LogP contribution in [0.1, 0.15) is 13.3 Å². The third-order valence-electron chi connectivity index (χ3n) is 2.81. The van der Waals surface area contributed by atoms with E-state index in [2.05, 4.69) is 0 Å². The molecule has 3 fully saturated rings. The van der Waals surface area contributed by atoms with Gasteiger partial charge in [-0.25, -0.2) is 0 Å². The molecular formula is C8H10Cl2O2.